The molecule has 4 aromatic carbocycles. The highest BCUT2D eigenvalue weighted by Gasteiger charge is 2.30. The number of nitro groups is 1. The van der Waals surface area contributed by atoms with E-state index in [1.165, 1.54) is 38.3 Å². The van der Waals surface area contributed by atoms with E-state index in [0.717, 1.165) is 27.1 Å². The van der Waals surface area contributed by atoms with Crippen molar-refractivity contribution < 1.29 is 22.9 Å². The predicted molar refractivity (Wildman–Crippen MR) is 153 cm³/mol. The Morgan fingerprint density at radius 1 is 0.925 bits per heavy atom. The molecular formula is C30H29N3O6S. The third-order valence-corrected chi connectivity index (χ3v) is 8.32. The molecule has 0 aliphatic carbocycles. The van der Waals surface area contributed by atoms with Crippen molar-refractivity contribution >= 4 is 27.3 Å². The lowest BCUT2D eigenvalue weighted by atomic mass is 9.95. The Labute approximate surface area is 233 Å². The van der Waals surface area contributed by atoms with Crippen molar-refractivity contribution in [3.8, 4) is 5.75 Å². The molecule has 0 aromatic heterocycles. The summed E-state index contributed by atoms with van der Waals surface area (Å²) in [6.07, 6.45) is 0. The number of nitro benzene ring substituents is 1. The number of nitrogens with one attached hydrogen (secondary N) is 1. The van der Waals surface area contributed by atoms with Crippen LogP contribution >= 0.6 is 0 Å². The molecule has 1 amide bonds. The van der Waals surface area contributed by atoms with Crippen LogP contribution in [0.5, 0.6) is 5.75 Å². The van der Waals surface area contributed by atoms with Crippen LogP contribution in [0.4, 0.5) is 11.4 Å². The summed E-state index contributed by atoms with van der Waals surface area (Å²) in [5.41, 5.74) is 2.85. The van der Waals surface area contributed by atoms with Crippen molar-refractivity contribution in [2.24, 2.45) is 0 Å². The first-order chi connectivity index (χ1) is 19.1. The maximum Gasteiger partial charge on any atom is 0.273 e. The molecule has 206 valence electrons. The lowest BCUT2D eigenvalue weighted by Crippen LogP contribution is -2.42. The molecule has 0 unspecified atom stereocenters. The summed E-state index contributed by atoms with van der Waals surface area (Å²) in [5.74, 6) is -0.0571. The molecule has 0 fully saturated rings. The van der Waals surface area contributed by atoms with Gasteiger partial charge in [-0.1, -0.05) is 60.7 Å². The monoisotopic (exact) mass is 559 g/mol. The first kappa shape index (κ1) is 28.3. The zero-order valence-electron chi connectivity index (χ0n) is 22.3. The van der Waals surface area contributed by atoms with Gasteiger partial charge in [0.05, 0.1) is 28.7 Å². The van der Waals surface area contributed by atoms with Crippen molar-refractivity contribution in [2.75, 3.05) is 18.0 Å². The molecule has 1 N–H and O–H groups in total. The van der Waals surface area contributed by atoms with Crippen LogP contribution in [0.2, 0.25) is 0 Å². The van der Waals surface area contributed by atoms with E-state index in [0.29, 0.717) is 11.3 Å². The van der Waals surface area contributed by atoms with Gasteiger partial charge in [0.2, 0.25) is 5.91 Å². The van der Waals surface area contributed by atoms with Crippen LogP contribution in [0.1, 0.15) is 28.3 Å². The fourth-order valence-corrected chi connectivity index (χ4v) is 5.81. The Morgan fingerprint density at radius 3 is 2.20 bits per heavy atom. The van der Waals surface area contributed by atoms with Gasteiger partial charge in [-0.05, 0) is 60.9 Å². The molecule has 0 bridgehead atoms. The quantitative estimate of drug-likeness (QED) is 0.207. The molecule has 0 radical (unpaired) electrons. The molecule has 0 saturated carbocycles. The normalized spacial score (nSPS) is 11.9. The molecule has 10 heteroatoms. The average Bonchev–Trinajstić information content (AvgIpc) is 2.95. The largest absolute Gasteiger partial charge is 0.497 e. The van der Waals surface area contributed by atoms with Gasteiger partial charge < -0.3 is 10.1 Å². The standard InChI is InChI=1S/C30H29N3O6S/c1-21-9-7-8-12-27(21)30(23-10-5-4-6-11-23)31-29(34)20-32(24-14-16-25(39-3)17-15-24)40(37,38)26-18-13-22(2)28(19-26)33(35)36/h4-19,30H,20H2,1-3H3,(H,31,34)/t30-/m0/s1. The van der Waals surface area contributed by atoms with Gasteiger partial charge in [0.25, 0.3) is 15.7 Å². The third kappa shape index (κ3) is 6.13. The molecule has 0 saturated heterocycles. The second-order valence-electron chi connectivity index (χ2n) is 9.18. The number of carbonyl (C=O) groups is 1. The molecule has 40 heavy (non-hydrogen) atoms. The summed E-state index contributed by atoms with van der Waals surface area (Å²) >= 11 is 0. The van der Waals surface area contributed by atoms with Crippen LogP contribution in [-0.2, 0) is 14.8 Å². The van der Waals surface area contributed by atoms with Gasteiger partial charge in [-0.15, -0.1) is 0 Å². The number of ether oxygens (including phenoxy) is 1. The van der Waals surface area contributed by atoms with Gasteiger partial charge in [-0.2, -0.15) is 0 Å². The van der Waals surface area contributed by atoms with E-state index in [4.69, 9.17) is 4.74 Å². The smallest absolute Gasteiger partial charge is 0.273 e. The number of benzene rings is 4. The zero-order chi connectivity index (χ0) is 28.9. The minimum Gasteiger partial charge on any atom is -0.497 e. The van der Waals surface area contributed by atoms with Crippen LogP contribution < -0.4 is 14.4 Å². The SMILES string of the molecule is COc1ccc(N(CC(=O)N[C@@H](c2ccccc2)c2ccccc2C)S(=O)(=O)c2ccc(C)c([N+](=O)[O-])c2)cc1. The number of hydrogen-bond donors (Lipinski definition) is 1. The Kier molecular flexibility index (Phi) is 8.49. The van der Waals surface area contributed by atoms with Gasteiger partial charge >= 0.3 is 0 Å². The Balaban J connectivity index is 1.74. The predicted octanol–water partition coefficient (Wildman–Crippen LogP) is 5.32. The van der Waals surface area contributed by atoms with E-state index >= 15 is 0 Å². The summed E-state index contributed by atoms with van der Waals surface area (Å²) in [6.45, 7) is 2.90. The van der Waals surface area contributed by atoms with Crippen LogP contribution in [0.3, 0.4) is 0 Å². The summed E-state index contributed by atoms with van der Waals surface area (Å²) in [4.78, 5) is 24.2. The van der Waals surface area contributed by atoms with E-state index in [1.54, 1.807) is 12.1 Å². The van der Waals surface area contributed by atoms with Gasteiger partial charge in [-0.25, -0.2) is 8.42 Å². The number of anilines is 1. The highest BCUT2D eigenvalue weighted by molar-refractivity contribution is 7.92. The lowest BCUT2D eigenvalue weighted by molar-refractivity contribution is -0.385. The van der Waals surface area contributed by atoms with Crippen LogP contribution in [-0.4, -0.2) is 32.9 Å². The number of rotatable bonds is 10. The molecule has 1 atom stereocenters. The number of aryl methyl sites for hydroxylation is 2. The van der Waals surface area contributed by atoms with E-state index in [2.05, 4.69) is 5.32 Å². The van der Waals surface area contributed by atoms with Crippen molar-refractivity contribution in [1.29, 1.82) is 0 Å². The van der Waals surface area contributed by atoms with Crippen LogP contribution in [0.15, 0.2) is 102 Å². The van der Waals surface area contributed by atoms with Crippen molar-refractivity contribution in [3.05, 3.63) is 129 Å². The molecule has 0 spiro atoms. The van der Waals surface area contributed by atoms with Gasteiger partial charge in [-0.3, -0.25) is 19.2 Å². The highest BCUT2D eigenvalue weighted by atomic mass is 32.2. The van der Waals surface area contributed by atoms with Crippen molar-refractivity contribution in [1.82, 2.24) is 5.32 Å². The van der Waals surface area contributed by atoms with E-state index in [9.17, 15) is 23.3 Å². The fourth-order valence-electron chi connectivity index (χ4n) is 4.37. The molecule has 4 rings (SSSR count). The Hall–Kier alpha value is -4.70. The molecule has 0 heterocycles. The van der Waals surface area contributed by atoms with Crippen LogP contribution in [0.25, 0.3) is 0 Å². The van der Waals surface area contributed by atoms with E-state index in [-0.39, 0.29) is 16.3 Å². The minimum atomic E-state index is -4.39. The lowest BCUT2D eigenvalue weighted by Gasteiger charge is -2.27. The van der Waals surface area contributed by atoms with E-state index in [1.807, 2.05) is 61.5 Å². The summed E-state index contributed by atoms with van der Waals surface area (Å²) in [5, 5.41) is 14.5. The van der Waals surface area contributed by atoms with Crippen molar-refractivity contribution in [3.63, 3.8) is 0 Å². The van der Waals surface area contributed by atoms with Gasteiger partial charge in [0, 0.05) is 11.6 Å². The second-order valence-corrected chi connectivity index (χ2v) is 11.0. The number of hydrogen-bond acceptors (Lipinski definition) is 6. The number of amides is 1. The van der Waals surface area contributed by atoms with Gasteiger partial charge in [0.1, 0.15) is 12.3 Å². The maximum atomic E-state index is 13.9. The summed E-state index contributed by atoms with van der Waals surface area (Å²) in [6, 6.07) is 26.4. The maximum absolute atomic E-state index is 13.9. The Bertz CT molecular complexity index is 1620. The average molecular weight is 560 g/mol. The highest BCUT2D eigenvalue weighted by Crippen LogP contribution is 2.30. The van der Waals surface area contributed by atoms with Crippen molar-refractivity contribution in [2.45, 2.75) is 24.8 Å². The number of carbonyl (C=O) groups excluding carboxylic acids is 1. The first-order valence-corrected chi connectivity index (χ1v) is 13.9. The molecule has 4 aromatic rings. The summed E-state index contributed by atoms with van der Waals surface area (Å²) < 4.78 is 33.9. The first-order valence-electron chi connectivity index (χ1n) is 12.4. The Morgan fingerprint density at radius 2 is 1.57 bits per heavy atom. The van der Waals surface area contributed by atoms with Gasteiger partial charge in [0.15, 0.2) is 0 Å². The molecule has 0 aliphatic rings. The van der Waals surface area contributed by atoms with E-state index < -0.39 is 33.4 Å². The summed E-state index contributed by atoms with van der Waals surface area (Å²) in [7, 11) is -2.90. The third-order valence-electron chi connectivity index (χ3n) is 6.55. The minimum absolute atomic E-state index is 0.200. The second kappa shape index (κ2) is 12.0. The number of sulfonamides is 1. The number of nitrogens with zero attached hydrogens (tertiary/aromatic N) is 2. The molecule has 0 aliphatic heterocycles. The fraction of sp³-hybridized carbons (Fsp3) is 0.167. The molecular weight excluding hydrogens is 530 g/mol. The zero-order valence-corrected chi connectivity index (χ0v) is 23.1. The van der Waals surface area contributed by atoms with Crippen LogP contribution in [0, 0.1) is 24.0 Å². The number of methoxy groups -OCH3 is 1. The molecule has 9 nitrogen and oxygen atoms in total. The topological polar surface area (TPSA) is 119 Å².